The molecule has 0 aliphatic rings. The number of hydrogen-bond acceptors (Lipinski definition) is 3. The summed E-state index contributed by atoms with van der Waals surface area (Å²) in [6, 6.07) is 3.36. The van der Waals surface area contributed by atoms with Crippen LogP contribution in [0.15, 0.2) is 23.1 Å². The molecule has 0 saturated heterocycles. The van der Waals surface area contributed by atoms with E-state index >= 15 is 0 Å². The lowest BCUT2D eigenvalue weighted by Gasteiger charge is -2.07. The highest BCUT2D eigenvalue weighted by atomic mass is 35.7. The van der Waals surface area contributed by atoms with Gasteiger partial charge in [0, 0.05) is 10.7 Å². The van der Waals surface area contributed by atoms with Gasteiger partial charge in [0.25, 0.3) is 9.05 Å². The van der Waals surface area contributed by atoms with Crippen LogP contribution in [-0.2, 0) is 9.05 Å². The second-order valence-corrected chi connectivity index (χ2v) is 6.15. The Morgan fingerprint density at radius 2 is 2.06 bits per heavy atom. The number of unbranched alkanes of at least 4 members (excludes halogenated alkanes) is 2. The predicted octanol–water partition coefficient (Wildman–Crippen LogP) is 3.32. The van der Waals surface area contributed by atoms with E-state index in [0.29, 0.717) is 6.61 Å². The van der Waals surface area contributed by atoms with E-state index < -0.39 is 14.9 Å². The van der Waals surface area contributed by atoms with Crippen molar-refractivity contribution in [3.8, 4) is 5.75 Å². The fourth-order valence-electron chi connectivity index (χ4n) is 1.28. The fraction of sp³-hybridized carbons (Fsp3) is 0.455. The second kappa shape index (κ2) is 6.21. The summed E-state index contributed by atoms with van der Waals surface area (Å²) in [4.78, 5) is -0.266. The molecule has 0 atom stereocenters. The number of hydrogen-bond donors (Lipinski definition) is 0. The van der Waals surface area contributed by atoms with E-state index in [9.17, 15) is 12.8 Å². The monoisotopic (exact) mass is 280 g/mol. The maximum absolute atomic E-state index is 13.4. The van der Waals surface area contributed by atoms with Crippen LogP contribution in [0.25, 0.3) is 0 Å². The van der Waals surface area contributed by atoms with Crippen molar-refractivity contribution in [3.63, 3.8) is 0 Å². The van der Waals surface area contributed by atoms with Gasteiger partial charge in [-0.25, -0.2) is 12.8 Å². The Morgan fingerprint density at radius 3 is 2.59 bits per heavy atom. The van der Waals surface area contributed by atoms with Crippen LogP contribution in [0.5, 0.6) is 5.75 Å². The standard InChI is InChI=1S/C11H14ClFO3S/c1-2-3-4-7-16-11-6-5-9(8-10(11)13)17(12,14)15/h5-6,8H,2-4,7H2,1H3. The number of benzene rings is 1. The third kappa shape index (κ3) is 4.52. The molecule has 0 aromatic heterocycles. The normalized spacial score (nSPS) is 11.5. The summed E-state index contributed by atoms with van der Waals surface area (Å²) >= 11 is 0. The van der Waals surface area contributed by atoms with Gasteiger partial charge in [-0.3, -0.25) is 0 Å². The van der Waals surface area contributed by atoms with Crippen molar-refractivity contribution in [2.45, 2.75) is 31.1 Å². The van der Waals surface area contributed by atoms with Crippen molar-refractivity contribution < 1.29 is 17.5 Å². The van der Waals surface area contributed by atoms with Crippen molar-refractivity contribution in [2.75, 3.05) is 6.61 Å². The highest BCUT2D eigenvalue weighted by Gasteiger charge is 2.13. The Morgan fingerprint density at radius 1 is 1.35 bits per heavy atom. The van der Waals surface area contributed by atoms with Crippen LogP contribution >= 0.6 is 10.7 Å². The minimum Gasteiger partial charge on any atom is -0.491 e. The summed E-state index contributed by atoms with van der Waals surface area (Å²) < 4.78 is 40.5. The zero-order valence-corrected chi connectivity index (χ0v) is 11.0. The predicted molar refractivity (Wildman–Crippen MR) is 64.5 cm³/mol. The molecular weight excluding hydrogens is 267 g/mol. The molecule has 1 aromatic rings. The van der Waals surface area contributed by atoms with Crippen LogP contribution in [0.2, 0.25) is 0 Å². The van der Waals surface area contributed by atoms with Crippen LogP contribution < -0.4 is 4.74 Å². The SMILES string of the molecule is CCCCCOc1ccc(S(=O)(=O)Cl)cc1F. The first-order valence-corrected chi connectivity index (χ1v) is 7.63. The molecule has 3 nitrogen and oxygen atoms in total. The molecule has 0 amide bonds. The topological polar surface area (TPSA) is 43.4 Å². The molecule has 0 spiro atoms. The molecular formula is C11H14ClFO3S. The molecule has 6 heteroatoms. The lowest BCUT2D eigenvalue weighted by molar-refractivity contribution is 0.291. The van der Waals surface area contributed by atoms with Crippen molar-refractivity contribution >= 4 is 19.7 Å². The van der Waals surface area contributed by atoms with Crippen LogP contribution in [0, 0.1) is 5.82 Å². The van der Waals surface area contributed by atoms with Crippen molar-refractivity contribution in [1.29, 1.82) is 0 Å². The maximum atomic E-state index is 13.4. The molecule has 0 aliphatic heterocycles. The van der Waals surface area contributed by atoms with Gasteiger partial charge in [0.2, 0.25) is 0 Å². The van der Waals surface area contributed by atoms with E-state index in [1.807, 2.05) is 0 Å². The smallest absolute Gasteiger partial charge is 0.261 e. The minimum absolute atomic E-state index is 0.0465. The van der Waals surface area contributed by atoms with Crippen LogP contribution in [0.4, 0.5) is 4.39 Å². The molecule has 0 radical (unpaired) electrons. The van der Waals surface area contributed by atoms with E-state index in [2.05, 4.69) is 6.92 Å². The largest absolute Gasteiger partial charge is 0.491 e. The molecule has 1 aromatic carbocycles. The molecule has 0 N–H and O–H groups in total. The zero-order chi connectivity index (χ0) is 12.9. The van der Waals surface area contributed by atoms with Crippen molar-refractivity contribution in [1.82, 2.24) is 0 Å². The van der Waals surface area contributed by atoms with Crippen LogP contribution in [-0.4, -0.2) is 15.0 Å². The van der Waals surface area contributed by atoms with E-state index in [1.54, 1.807) is 0 Å². The van der Waals surface area contributed by atoms with Gasteiger partial charge in [0.1, 0.15) is 0 Å². The Balaban J connectivity index is 2.70. The summed E-state index contributed by atoms with van der Waals surface area (Å²) in [5, 5.41) is 0. The van der Waals surface area contributed by atoms with Gasteiger partial charge >= 0.3 is 0 Å². The Labute approximate surface area is 105 Å². The molecule has 1 rings (SSSR count). The van der Waals surface area contributed by atoms with Gasteiger partial charge < -0.3 is 4.74 Å². The number of ether oxygens (including phenoxy) is 1. The van der Waals surface area contributed by atoms with Gasteiger partial charge in [0.15, 0.2) is 11.6 Å². The Hall–Kier alpha value is -0.810. The van der Waals surface area contributed by atoms with E-state index in [1.165, 1.54) is 12.1 Å². The zero-order valence-electron chi connectivity index (χ0n) is 9.45. The Bertz CT molecular complexity index is 474. The third-order valence-electron chi connectivity index (χ3n) is 2.19. The molecule has 0 heterocycles. The highest BCUT2D eigenvalue weighted by molar-refractivity contribution is 8.13. The third-order valence-corrected chi connectivity index (χ3v) is 3.54. The number of halogens is 2. The molecule has 0 bridgehead atoms. The molecule has 0 unspecified atom stereocenters. The van der Waals surface area contributed by atoms with E-state index in [0.717, 1.165) is 25.3 Å². The molecule has 96 valence electrons. The van der Waals surface area contributed by atoms with Gasteiger partial charge in [-0.1, -0.05) is 19.8 Å². The first-order chi connectivity index (χ1) is 7.95. The number of rotatable bonds is 6. The minimum atomic E-state index is -3.89. The molecule has 0 aliphatic carbocycles. The Kier molecular flexibility index (Phi) is 5.21. The second-order valence-electron chi connectivity index (χ2n) is 3.59. The van der Waals surface area contributed by atoms with Gasteiger partial charge in [0.05, 0.1) is 11.5 Å². The summed E-state index contributed by atoms with van der Waals surface area (Å²) in [7, 11) is 1.20. The average molecular weight is 281 g/mol. The lowest BCUT2D eigenvalue weighted by atomic mass is 10.3. The van der Waals surface area contributed by atoms with E-state index in [4.69, 9.17) is 15.4 Å². The van der Waals surface area contributed by atoms with Gasteiger partial charge in [-0.2, -0.15) is 0 Å². The average Bonchev–Trinajstić information content (AvgIpc) is 2.24. The maximum Gasteiger partial charge on any atom is 0.261 e. The summed E-state index contributed by atoms with van der Waals surface area (Å²) in [6.45, 7) is 2.47. The van der Waals surface area contributed by atoms with Crippen molar-refractivity contribution in [2.24, 2.45) is 0 Å². The summed E-state index contributed by atoms with van der Waals surface area (Å²) in [5.74, 6) is -0.673. The highest BCUT2D eigenvalue weighted by Crippen LogP contribution is 2.23. The first-order valence-electron chi connectivity index (χ1n) is 5.32. The van der Waals surface area contributed by atoms with Gasteiger partial charge in [-0.15, -0.1) is 0 Å². The quantitative estimate of drug-likeness (QED) is 0.593. The summed E-state index contributed by atoms with van der Waals surface area (Å²) in [5.41, 5.74) is 0. The lowest BCUT2D eigenvalue weighted by Crippen LogP contribution is -2.00. The summed E-state index contributed by atoms with van der Waals surface area (Å²) in [6.07, 6.45) is 2.90. The molecule has 0 saturated carbocycles. The molecule has 17 heavy (non-hydrogen) atoms. The molecule has 0 fully saturated rings. The van der Waals surface area contributed by atoms with E-state index in [-0.39, 0.29) is 10.6 Å². The van der Waals surface area contributed by atoms with Gasteiger partial charge in [-0.05, 0) is 24.6 Å². The fourth-order valence-corrected chi connectivity index (χ4v) is 2.05. The first kappa shape index (κ1) is 14.3. The van der Waals surface area contributed by atoms with Crippen molar-refractivity contribution in [3.05, 3.63) is 24.0 Å². The van der Waals surface area contributed by atoms with Crippen LogP contribution in [0.1, 0.15) is 26.2 Å². The van der Waals surface area contributed by atoms with Crippen LogP contribution in [0.3, 0.4) is 0 Å².